The lowest BCUT2D eigenvalue weighted by Gasteiger charge is -2.27. The number of nitrogens with zero attached hydrogens (tertiary/aromatic N) is 2. The first-order chi connectivity index (χ1) is 7.74. The number of morpholine rings is 1. The number of halogens is 1. The van der Waals surface area contributed by atoms with E-state index in [0.717, 1.165) is 32.8 Å². The molecule has 0 aromatic carbocycles. The number of thiazole rings is 1. The Kier molecular flexibility index (Phi) is 4.55. The third kappa shape index (κ3) is 3.68. The molecule has 0 saturated carbocycles. The maximum Gasteiger partial charge on any atom is 0.183 e. The molecule has 0 bridgehead atoms. The van der Waals surface area contributed by atoms with Crippen molar-refractivity contribution in [3.63, 3.8) is 0 Å². The Balaban J connectivity index is 1.77. The average molecular weight is 262 g/mol. The zero-order valence-corrected chi connectivity index (χ0v) is 10.9. The Hall–Kier alpha value is -0.200. The predicted molar refractivity (Wildman–Crippen MR) is 66.1 cm³/mol. The van der Waals surface area contributed by atoms with E-state index in [1.54, 1.807) is 0 Å². The minimum absolute atomic E-state index is 0.294. The second kappa shape index (κ2) is 5.93. The summed E-state index contributed by atoms with van der Waals surface area (Å²) >= 11 is 7.32. The second-order valence-corrected chi connectivity index (χ2v) is 5.67. The third-order valence-electron chi connectivity index (χ3n) is 2.47. The van der Waals surface area contributed by atoms with Crippen molar-refractivity contribution in [2.45, 2.75) is 12.6 Å². The molecule has 2 rings (SSSR count). The minimum atomic E-state index is 0.294. The van der Waals surface area contributed by atoms with Crippen LogP contribution in [0.3, 0.4) is 0 Å². The van der Waals surface area contributed by atoms with Crippen LogP contribution in [-0.4, -0.2) is 49.3 Å². The summed E-state index contributed by atoms with van der Waals surface area (Å²) in [6.07, 6.45) is 2.13. The number of rotatable bonds is 4. The highest BCUT2D eigenvalue weighted by Crippen LogP contribution is 2.19. The fourth-order valence-electron chi connectivity index (χ4n) is 1.77. The SMILES string of the molecule is CN(Cc1cnc(Cl)s1)CC1CNCCO1. The summed E-state index contributed by atoms with van der Waals surface area (Å²) < 4.78 is 6.26. The Morgan fingerprint density at radius 2 is 2.62 bits per heavy atom. The molecule has 16 heavy (non-hydrogen) atoms. The topological polar surface area (TPSA) is 37.4 Å². The van der Waals surface area contributed by atoms with Gasteiger partial charge in [-0.1, -0.05) is 11.6 Å². The van der Waals surface area contributed by atoms with Crippen molar-refractivity contribution in [3.8, 4) is 0 Å². The molecule has 1 aromatic heterocycles. The predicted octanol–water partition coefficient (Wildman–Crippen LogP) is 1.22. The molecule has 1 atom stereocenters. The highest BCUT2D eigenvalue weighted by Gasteiger charge is 2.15. The number of hydrogen-bond acceptors (Lipinski definition) is 5. The Labute approximate surface area is 105 Å². The summed E-state index contributed by atoms with van der Waals surface area (Å²) in [5, 5.41) is 3.33. The number of hydrogen-bond donors (Lipinski definition) is 1. The maximum atomic E-state index is 5.79. The van der Waals surface area contributed by atoms with Crippen LogP contribution < -0.4 is 5.32 Å². The van der Waals surface area contributed by atoms with E-state index < -0.39 is 0 Å². The van der Waals surface area contributed by atoms with Gasteiger partial charge in [-0.25, -0.2) is 4.98 Å². The van der Waals surface area contributed by atoms with Crippen LogP contribution in [0, 0.1) is 0 Å². The summed E-state index contributed by atoms with van der Waals surface area (Å²) in [5.41, 5.74) is 0. The Morgan fingerprint density at radius 1 is 1.75 bits per heavy atom. The Morgan fingerprint density at radius 3 is 3.25 bits per heavy atom. The largest absolute Gasteiger partial charge is 0.374 e. The van der Waals surface area contributed by atoms with Crippen LogP contribution in [0.1, 0.15) is 4.88 Å². The fourth-order valence-corrected chi connectivity index (χ4v) is 2.83. The fraction of sp³-hybridized carbons (Fsp3) is 0.700. The highest BCUT2D eigenvalue weighted by molar-refractivity contribution is 7.15. The van der Waals surface area contributed by atoms with Crippen molar-refractivity contribution in [3.05, 3.63) is 15.5 Å². The van der Waals surface area contributed by atoms with E-state index in [-0.39, 0.29) is 0 Å². The molecular weight excluding hydrogens is 246 g/mol. The van der Waals surface area contributed by atoms with Crippen molar-refractivity contribution in [1.29, 1.82) is 0 Å². The van der Waals surface area contributed by atoms with Crippen LogP contribution in [-0.2, 0) is 11.3 Å². The third-order valence-corrected chi connectivity index (χ3v) is 3.57. The normalized spacial score (nSPS) is 21.6. The first-order valence-corrected chi connectivity index (χ1v) is 6.54. The minimum Gasteiger partial charge on any atom is -0.374 e. The monoisotopic (exact) mass is 261 g/mol. The average Bonchev–Trinajstić information content (AvgIpc) is 2.65. The Bertz CT molecular complexity index is 328. The van der Waals surface area contributed by atoms with Gasteiger partial charge >= 0.3 is 0 Å². The molecule has 0 amide bonds. The molecule has 1 aliphatic rings. The molecule has 1 fully saturated rings. The number of ether oxygens (including phenoxy) is 1. The molecule has 1 aromatic rings. The molecule has 6 heteroatoms. The zero-order chi connectivity index (χ0) is 11.4. The summed E-state index contributed by atoms with van der Waals surface area (Å²) in [6.45, 7) is 4.52. The highest BCUT2D eigenvalue weighted by atomic mass is 35.5. The van der Waals surface area contributed by atoms with Crippen LogP contribution in [0.15, 0.2) is 6.20 Å². The van der Waals surface area contributed by atoms with Gasteiger partial charge in [-0.3, -0.25) is 4.90 Å². The second-order valence-electron chi connectivity index (χ2n) is 3.97. The molecule has 90 valence electrons. The van der Waals surface area contributed by atoms with Gasteiger partial charge in [0.1, 0.15) is 0 Å². The standard InChI is InChI=1S/C10H16ClN3OS/c1-14(6-8-4-12-2-3-15-8)7-9-5-13-10(11)16-9/h5,8,12H,2-4,6-7H2,1H3. The molecular formula is C10H16ClN3OS. The number of aromatic nitrogens is 1. The molecule has 0 aliphatic carbocycles. The van der Waals surface area contributed by atoms with Crippen molar-refractivity contribution >= 4 is 22.9 Å². The van der Waals surface area contributed by atoms with Crippen molar-refractivity contribution in [1.82, 2.24) is 15.2 Å². The van der Waals surface area contributed by atoms with E-state index in [4.69, 9.17) is 16.3 Å². The van der Waals surface area contributed by atoms with Crippen LogP contribution in [0.25, 0.3) is 0 Å². The van der Waals surface area contributed by atoms with Gasteiger partial charge in [-0.05, 0) is 7.05 Å². The molecule has 1 saturated heterocycles. The molecule has 0 radical (unpaired) electrons. The van der Waals surface area contributed by atoms with Gasteiger partial charge in [-0.2, -0.15) is 0 Å². The van der Waals surface area contributed by atoms with Gasteiger partial charge in [0.2, 0.25) is 0 Å². The summed E-state index contributed by atoms with van der Waals surface area (Å²) in [5.74, 6) is 0. The van der Waals surface area contributed by atoms with Gasteiger partial charge in [0.15, 0.2) is 4.47 Å². The molecule has 0 spiro atoms. The summed E-state index contributed by atoms with van der Waals surface area (Å²) in [7, 11) is 2.09. The van der Waals surface area contributed by atoms with E-state index in [9.17, 15) is 0 Å². The lowest BCUT2D eigenvalue weighted by atomic mass is 10.3. The molecule has 1 unspecified atom stereocenters. The molecule has 1 aliphatic heterocycles. The van der Waals surface area contributed by atoms with E-state index in [1.165, 1.54) is 16.2 Å². The van der Waals surface area contributed by atoms with Gasteiger partial charge in [0, 0.05) is 37.3 Å². The van der Waals surface area contributed by atoms with Gasteiger partial charge in [0.25, 0.3) is 0 Å². The van der Waals surface area contributed by atoms with Gasteiger partial charge in [0.05, 0.1) is 12.7 Å². The summed E-state index contributed by atoms with van der Waals surface area (Å²) in [4.78, 5) is 7.46. The zero-order valence-electron chi connectivity index (χ0n) is 9.28. The smallest absolute Gasteiger partial charge is 0.183 e. The summed E-state index contributed by atoms with van der Waals surface area (Å²) in [6, 6.07) is 0. The van der Waals surface area contributed by atoms with E-state index in [2.05, 4.69) is 22.2 Å². The van der Waals surface area contributed by atoms with Crippen LogP contribution in [0.5, 0.6) is 0 Å². The number of likely N-dealkylation sites (N-methyl/N-ethyl adjacent to an activating group) is 1. The first kappa shape index (κ1) is 12.3. The molecule has 1 N–H and O–H groups in total. The van der Waals surface area contributed by atoms with Gasteiger partial charge < -0.3 is 10.1 Å². The van der Waals surface area contributed by atoms with Crippen molar-refractivity contribution in [2.24, 2.45) is 0 Å². The van der Waals surface area contributed by atoms with Crippen molar-refractivity contribution < 1.29 is 4.74 Å². The quantitative estimate of drug-likeness (QED) is 0.884. The molecule has 4 nitrogen and oxygen atoms in total. The van der Waals surface area contributed by atoms with Gasteiger partial charge in [-0.15, -0.1) is 11.3 Å². The maximum absolute atomic E-state index is 5.79. The van der Waals surface area contributed by atoms with Crippen LogP contribution in [0.4, 0.5) is 0 Å². The molecule has 2 heterocycles. The van der Waals surface area contributed by atoms with Crippen molar-refractivity contribution in [2.75, 3.05) is 33.3 Å². The lowest BCUT2D eigenvalue weighted by molar-refractivity contribution is 0.00898. The van der Waals surface area contributed by atoms with E-state index >= 15 is 0 Å². The van der Waals surface area contributed by atoms with Crippen LogP contribution in [0.2, 0.25) is 4.47 Å². The van der Waals surface area contributed by atoms with E-state index in [0.29, 0.717) is 10.6 Å². The number of nitrogens with one attached hydrogen (secondary N) is 1. The van der Waals surface area contributed by atoms with E-state index in [1.807, 2.05) is 6.20 Å². The van der Waals surface area contributed by atoms with Crippen LogP contribution >= 0.6 is 22.9 Å². The lowest BCUT2D eigenvalue weighted by Crippen LogP contribution is -2.44. The first-order valence-electron chi connectivity index (χ1n) is 5.35.